The van der Waals surface area contributed by atoms with E-state index < -0.39 is 0 Å². The number of rotatable bonds is 5. The van der Waals surface area contributed by atoms with Crippen molar-refractivity contribution in [1.29, 1.82) is 0 Å². The molecule has 4 rings (SSSR count). The van der Waals surface area contributed by atoms with E-state index in [0.717, 1.165) is 11.0 Å². The van der Waals surface area contributed by atoms with Gasteiger partial charge in [0.1, 0.15) is 12.4 Å². The van der Waals surface area contributed by atoms with Crippen LogP contribution in [0.2, 0.25) is 10.0 Å². The number of nitrogens with zero attached hydrogens (tertiary/aromatic N) is 2. The number of nitrogens with one attached hydrogen (secondary N) is 1. The number of imidazole rings is 1. The Morgan fingerprint density at radius 2 is 2.04 bits per heavy atom. The lowest BCUT2D eigenvalue weighted by atomic mass is 10.2. The maximum absolute atomic E-state index is 12.6. The van der Waals surface area contributed by atoms with Crippen LogP contribution >= 0.6 is 23.2 Å². The summed E-state index contributed by atoms with van der Waals surface area (Å²) in [5, 5.41) is 3.76. The zero-order chi connectivity index (χ0) is 19.5. The zero-order valence-corrected chi connectivity index (χ0v) is 16.5. The minimum absolute atomic E-state index is 0.103. The first-order chi connectivity index (χ1) is 13.6. The van der Waals surface area contributed by atoms with E-state index in [1.165, 1.54) is 0 Å². The van der Waals surface area contributed by atoms with Crippen LogP contribution < -0.4 is 5.32 Å². The van der Waals surface area contributed by atoms with E-state index in [9.17, 15) is 4.79 Å². The van der Waals surface area contributed by atoms with Crippen molar-refractivity contribution >= 4 is 40.1 Å². The van der Waals surface area contributed by atoms with Gasteiger partial charge in [-0.15, -0.1) is 0 Å². The number of halogens is 2. The van der Waals surface area contributed by atoms with Gasteiger partial charge in [-0.05, 0) is 24.3 Å². The van der Waals surface area contributed by atoms with Crippen molar-refractivity contribution in [2.45, 2.75) is 12.6 Å². The predicted molar refractivity (Wildman–Crippen MR) is 109 cm³/mol. The molecule has 28 heavy (non-hydrogen) atoms. The van der Waals surface area contributed by atoms with Crippen molar-refractivity contribution in [3.05, 3.63) is 52.5 Å². The zero-order valence-electron chi connectivity index (χ0n) is 15.0. The normalized spacial score (nSPS) is 17.0. The Hall–Kier alpha value is -2.12. The molecule has 1 amide bonds. The number of fused-ring (bicyclic) bond motifs is 1. The third-order valence-corrected chi connectivity index (χ3v) is 5.38. The van der Waals surface area contributed by atoms with Gasteiger partial charge < -0.3 is 19.4 Å². The Bertz CT molecular complexity index is 1000. The molecule has 1 fully saturated rings. The molecule has 2 heterocycles. The highest BCUT2D eigenvalue weighted by molar-refractivity contribution is 6.43. The van der Waals surface area contributed by atoms with Crippen LogP contribution in [0, 0.1) is 0 Å². The molecule has 146 valence electrons. The smallest absolute Gasteiger partial charge is 0.240 e. The summed E-state index contributed by atoms with van der Waals surface area (Å²) in [6.45, 7) is 2.13. The molecule has 1 atom stereocenters. The summed E-state index contributed by atoms with van der Waals surface area (Å²) in [5.74, 6) is 0.456. The largest absolute Gasteiger partial charge is 0.376 e. The van der Waals surface area contributed by atoms with Crippen molar-refractivity contribution in [2.75, 3.05) is 26.4 Å². The Labute approximate surface area is 172 Å². The van der Waals surface area contributed by atoms with E-state index in [1.54, 1.807) is 6.07 Å². The van der Waals surface area contributed by atoms with Crippen molar-refractivity contribution in [1.82, 2.24) is 14.9 Å². The van der Waals surface area contributed by atoms with Gasteiger partial charge in [-0.2, -0.15) is 0 Å². The number of hydrogen-bond acceptors (Lipinski definition) is 4. The van der Waals surface area contributed by atoms with E-state index in [-0.39, 0.29) is 18.6 Å². The van der Waals surface area contributed by atoms with Crippen LogP contribution in [0.1, 0.15) is 0 Å². The van der Waals surface area contributed by atoms with Gasteiger partial charge in [-0.3, -0.25) is 4.79 Å². The Morgan fingerprint density at radius 1 is 1.18 bits per heavy atom. The highest BCUT2D eigenvalue weighted by Crippen LogP contribution is 2.34. The summed E-state index contributed by atoms with van der Waals surface area (Å²) in [5.41, 5.74) is 2.31. The van der Waals surface area contributed by atoms with Crippen LogP contribution in [0.4, 0.5) is 0 Å². The first kappa shape index (κ1) is 19.2. The number of aromatic nitrogens is 2. The molecule has 6 nitrogen and oxygen atoms in total. The van der Waals surface area contributed by atoms with Gasteiger partial charge in [0.15, 0.2) is 0 Å². The number of hydrogen-bond donors (Lipinski definition) is 1. The van der Waals surface area contributed by atoms with E-state index in [1.807, 2.05) is 41.0 Å². The van der Waals surface area contributed by atoms with Crippen LogP contribution in [0.5, 0.6) is 0 Å². The molecule has 2 aromatic carbocycles. The standard InChI is InChI=1S/C20H19Cl2N3O3/c21-15-5-3-4-14(19(15)22)20-24-16-6-1-2-7-17(16)25(20)11-18(26)23-10-13-12-27-8-9-28-13/h1-7,13H,8-12H2,(H,23,26). The highest BCUT2D eigenvalue weighted by Gasteiger charge is 2.19. The predicted octanol–water partition coefficient (Wildman–Crippen LogP) is 3.54. The van der Waals surface area contributed by atoms with E-state index >= 15 is 0 Å². The van der Waals surface area contributed by atoms with Gasteiger partial charge in [-0.1, -0.05) is 41.4 Å². The molecule has 0 bridgehead atoms. The number of amides is 1. The van der Waals surface area contributed by atoms with E-state index in [2.05, 4.69) is 10.3 Å². The van der Waals surface area contributed by atoms with E-state index in [4.69, 9.17) is 32.7 Å². The molecule has 1 aliphatic heterocycles. The highest BCUT2D eigenvalue weighted by atomic mass is 35.5. The number of carbonyl (C=O) groups excluding carboxylic acids is 1. The first-order valence-corrected chi connectivity index (χ1v) is 9.75. The van der Waals surface area contributed by atoms with Crippen LogP contribution in [0.15, 0.2) is 42.5 Å². The van der Waals surface area contributed by atoms with Crippen molar-refractivity contribution in [3.63, 3.8) is 0 Å². The lowest BCUT2D eigenvalue weighted by Crippen LogP contribution is -2.40. The van der Waals surface area contributed by atoms with Gasteiger partial charge in [0.2, 0.25) is 5.91 Å². The van der Waals surface area contributed by atoms with Crippen LogP contribution in [0.25, 0.3) is 22.4 Å². The molecule has 3 aromatic rings. The summed E-state index contributed by atoms with van der Waals surface area (Å²) < 4.78 is 12.8. The van der Waals surface area contributed by atoms with E-state index in [0.29, 0.717) is 47.8 Å². The second-order valence-electron chi connectivity index (χ2n) is 6.48. The number of para-hydroxylation sites is 2. The third-order valence-electron chi connectivity index (χ3n) is 4.56. The molecular formula is C20H19Cl2N3O3. The fraction of sp³-hybridized carbons (Fsp3) is 0.300. The van der Waals surface area contributed by atoms with Gasteiger partial charge in [0.25, 0.3) is 0 Å². The number of carbonyl (C=O) groups is 1. The van der Waals surface area contributed by atoms with Crippen LogP contribution in [-0.2, 0) is 20.8 Å². The molecule has 0 radical (unpaired) electrons. The maximum Gasteiger partial charge on any atom is 0.240 e. The SMILES string of the molecule is O=C(Cn1c(-c2cccc(Cl)c2Cl)nc2ccccc21)NCC1COCCO1. The van der Waals surface area contributed by atoms with Gasteiger partial charge in [0.05, 0.1) is 47.0 Å². The molecule has 1 aliphatic rings. The summed E-state index contributed by atoms with van der Waals surface area (Å²) >= 11 is 12.6. The second-order valence-corrected chi connectivity index (χ2v) is 7.27. The van der Waals surface area contributed by atoms with Crippen LogP contribution in [0.3, 0.4) is 0 Å². The lowest BCUT2D eigenvalue weighted by molar-refractivity contribution is -0.124. The molecule has 8 heteroatoms. The van der Waals surface area contributed by atoms with Crippen molar-refractivity contribution < 1.29 is 14.3 Å². The van der Waals surface area contributed by atoms with Gasteiger partial charge in [-0.25, -0.2) is 4.98 Å². The number of benzene rings is 2. The maximum atomic E-state index is 12.6. The molecular weight excluding hydrogens is 401 g/mol. The molecule has 0 aliphatic carbocycles. The Morgan fingerprint density at radius 3 is 2.86 bits per heavy atom. The first-order valence-electron chi connectivity index (χ1n) is 8.99. The van der Waals surface area contributed by atoms with Crippen molar-refractivity contribution in [3.8, 4) is 11.4 Å². The Kier molecular flexibility index (Phi) is 5.82. The Balaban J connectivity index is 1.62. The molecule has 1 N–H and O–H groups in total. The molecule has 1 saturated heterocycles. The summed E-state index contributed by atoms with van der Waals surface area (Å²) in [6, 6.07) is 13.0. The summed E-state index contributed by atoms with van der Waals surface area (Å²) in [6.07, 6.45) is -0.126. The van der Waals surface area contributed by atoms with Gasteiger partial charge >= 0.3 is 0 Å². The lowest BCUT2D eigenvalue weighted by Gasteiger charge is -2.23. The third kappa shape index (κ3) is 4.00. The quantitative estimate of drug-likeness (QED) is 0.686. The average Bonchev–Trinajstić information content (AvgIpc) is 3.07. The molecule has 1 unspecified atom stereocenters. The fourth-order valence-corrected chi connectivity index (χ4v) is 3.58. The second kappa shape index (κ2) is 8.49. The minimum atomic E-state index is -0.142. The summed E-state index contributed by atoms with van der Waals surface area (Å²) in [4.78, 5) is 17.3. The molecule has 0 spiro atoms. The van der Waals surface area contributed by atoms with Crippen molar-refractivity contribution in [2.24, 2.45) is 0 Å². The monoisotopic (exact) mass is 419 g/mol. The molecule has 1 aromatic heterocycles. The minimum Gasteiger partial charge on any atom is -0.376 e. The fourth-order valence-electron chi connectivity index (χ4n) is 3.20. The van der Waals surface area contributed by atoms with Gasteiger partial charge in [0, 0.05) is 12.1 Å². The summed E-state index contributed by atoms with van der Waals surface area (Å²) in [7, 11) is 0. The van der Waals surface area contributed by atoms with Crippen LogP contribution in [-0.4, -0.2) is 47.9 Å². The molecule has 0 saturated carbocycles. The average molecular weight is 420 g/mol. The topological polar surface area (TPSA) is 65.4 Å². The number of ether oxygens (including phenoxy) is 2.